The molecule has 33 heavy (non-hydrogen) atoms. The first kappa shape index (κ1) is 23.4. The first-order valence-electron chi connectivity index (χ1n) is 10.4. The topological polar surface area (TPSA) is 98.1 Å². The summed E-state index contributed by atoms with van der Waals surface area (Å²) >= 11 is 0. The summed E-state index contributed by atoms with van der Waals surface area (Å²) in [5, 5.41) is 15.7. The summed E-state index contributed by atoms with van der Waals surface area (Å²) in [6.07, 6.45) is 6.49. The third-order valence-electron chi connectivity index (χ3n) is 4.83. The maximum absolute atomic E-state index is 12.1. The van der Waals surface area contributed by atoms with E-state index in [0.29, 0.717) is 29.0 Å². The first-order valence-corrected chi connectivity index (χ1v) is 10.4. The number of ketones is 1. The number of nitriles is 1. The highest BCUT2D eigenvalue weighted by molar-refractivity contribution is 5.99. The van der Waals surface area contributed by atoms with Gasteiger partial charge in [0, 0.05) is 47.5 Å². The van der Waals surface area contributed by atoms with Crippen molar-refractivity contribution in [2.75, 3.05) is 31.3 Å². The van der Waals surface area contributed by atoms with Gasteiger partial charge >= 0.3 is 0 Å². The molecule has 1 aromatic heterocycles. The molecule has 2 aromatic carbocycles. The molecule has 0 fully saturated rings. The first-order chi connectivity index (χ1) is 15.9. The van der Waals surface area contributed by atoms with Crippen molar-refractivity contribution in [2.45, 2.75) is 6.92 Å². The number of rotatable bonds is 8. The third kappa shape index (κ3) is 6.35. The minimum atomic E-state index is -0.200. The van der Waals surface area contributed by atoms with Crippen LogP contribution in [-0.2, 0) is 4.79 Å². The number of hydrogen-bond donors (Lipinski definition) is 2. The van der Waals surface area contributed by atoms with Gasteiger partial charge in [-0.3, -0.25) is 14.6 Å². The molecule has 3 rings (SSSR count). The van der Waals surface area contributed by atoms with Gasteiger partial charge in [-0.25, -0.2) is 0 Å². The number of benzene rings is 2. The number of carbonyl (C=O) groups is 2. The number of aromatic nitrogens is 1. The number of amides is 1. The summed E-state index contributed by atoms with van der Waals surface area (Å²) in [5.74, 6) is -0.210. The van der Waals surface area contributed by atoms with Gasteiger partial charge < -0.3 is 15.5 Å². The lowest BCUT2D eigenvalue weighted by atomic mass is 10.0. The van der Waals surface area contributed by atoms with E-state index in [4.69, 9.17) is 0 Å². The Balaban J connectivity index is 1.83. The second kappa shape index (κ2) is 10.8. The lowest BCUT2D eigenvalue weighted by Gasteiger charge is -2.14. The van der Waals surface area contributed by atoms with E-state index < -0.39 is 0 Å². The zero-order chi connectivity index (χ0) is 23.8. The Morgan fingerprint density at radius 2 is 1.70 bits per heavy atom. The maximum atomic E-state index is 12.1. The molecule has 0 aliphatic rings. The molecule has 7 nitrogen and oxygen atoms in total. The Bertz CT molecular complexity index is 1210. The third-order valence-corrected chi connectivity index (χ3v) is 4.83. The highest BCUT2D eigenvalue weighted by Gasteiger charge is 2.12. The number of carbonyl (C=O) groups excluding carboxylic acids is 2. The van der Waals surface area contributed by atoms with Crippen LogP contribution >= 0.6 is 0 Å². The molecule has 0 bridgehead atoms. The Morgan fingerprint density at radius 3 is 2.30 bits per heavy atom. The molecule has 0 aliphatic heterocycles. The van der Waals surface area contributed by atoms with Gasteiger partial charge in [-0.15, -0.1) is 0 Å². The molecule has 0 saturated carbocycles. The van der Waals surface area contributed by atoms with Crippen molar-refractivity contribution in [2.24, 2.45) is 0 Å². The number of likely N-dealkylation sites (N-methyl/N-ethyl adjacent to an activating group) is 1. The SMILES string of the molecule is CC(=O)c1ccc(Nc2c(C#N)cncc2-c2ccc(NC(=O)/C=C/CN(C)C)cc2)cc1. The van der Waals surface area contributed by atoms with Crippen LogP contribution in [-0.4, -0.2) is 42.2 Å². The van der Waals surface area contributed by atoms with E-state index in [-0.39, 0.29) is 11.7 Å². The predicted octanol–water partition coefficient (Wildman–Crippen LogP) is 4.62. The molecule has 1 heterocycles. The molecule has 0 atom stereocenters. The monoisotopic (exact) mass is 439 g/mol. The minimum absolute atomic E-state index is 0.00997. The van der Waals surface area contributed by atoms with E-state index in [2.05, 4.69) is 21.7 Å². The van der Waals surface area contributed by atoms with Crippen LogP contribution in [0.2, 0.25) is 0 Å². The zero-order valence-corrected chi connectivity index (χ0v) is 18.8. The van der Waals surface area contributed by atoms with Crippen molar-refractivity contribution in [1.29, 1.82) is 5.26 Å². The van der Waals surface area contributed by atoms with Crippen LogP contribution in [0.4, 0.5) is 17.1 Å². The Hall–Kier alpha value is -4.28. The summed E-state index contributed by atoms with van der Waals surface area (Å²) < 4.78 is 0. The summed E-state index contributed by atoms with van der Waals surface area (Å²) in [6.45, 7) is 2.20. The van der Waals surface area contributed by atoms with Gasteiger partial charge in [-0.05, 0) is 63.0 Å². The molecule has 7 heteroatoms. The molecule has 0 aliphatic carbocycles. The van der Waals surface area contributed by atoms with Gasteiger partial charge in [0.25, 0.3) is 0 Å². The predicted molar refractivity (Wildman–Crippen MR) is 130 cm³/mol. The summed E-state index contributed by atoms with van der Waals surface area (Å²) in [5.41, 5.74) is 4.62. The second-order valence-corrected chi connectivity index (χ2v) is 7.71. The fourth-order valence-corrected chi connectivity index (χ4v) is 3.12. The average molecular weight is 440 g/mol. The molecular formula is C26H25N5O2. The highest BCUT2D eigenvalue weighted by atomic mass is 16.1. The van der Waals surface area contributed by atoms with Gasteiger partial charge in [0.05, 0.1) is 11.3 Å². The Morgan fingerprint density at radius 1 is 1.03 bits per heavy atom. The van der Waals surface area contributed by atoms with Crippen LogP contribution in [0, 0.1) is 11.3 Å². The highest BCUT2D eigenvalue weighted by Crippen LogP contribution is 2.33. The van der Waals surface area contributed by atoms with Crippen LogP contribution < -0.4 is 10.6 Å². The quantitative estimate of drug-likeness (QED) is 0.392. The fraction of sp³-hybridized carbons (Fsp3) is 0.154. The maximum Gasteiger partial charge on any atom is 0.248 e. The van der Waals surface area contributed by atoms with E-state index in [1.165, 1.54) is 19.2 Å². The van der Waals surface area contributed by atoms with E-state index >= 15 is 0 Å². The van der Waals surface area contributed by atoms with Crippen LogP contribution in [0.1, 0.15) is 22.8 Å². The summed E-state index contributed by atoms with van der Waals surface area (Å²) in [6, 6.07) is 16.6. The zero-order valence-electron chi connectivity index (χ0n) is 18.8. The molecule has 0 saturated heterocycles. The standard InChI is InChI=1S/C26H25N5O2/c1-18(32)19-6-10-23(11-7-19)30-26-21(15-27)16-28-17-24(26)20-8-12-22(13-9-20)29-25(33)5-4-14-31(2)3/h4-13,16-17H,14H2,1-3H3,(H,28,30)(H,29,33)/b5-4+. The Labute approximate surface area is 193 Å². The van der Waals surface area contributed by atoms with Crippen LogP contribution in [0.15, 0.2) is 73.1 Å². The van der Waals surface area contributed by atoms with Crippen molar-refractivity contribution in [3.8, 4) is 17.2 Å². The van der Waals surface area contributed by atoms with Gasteiger partial charge in [-0.2, -0.15) is 5.26 Å². The van der Waals surface area contributed by atoms with Crippen molar-refractivity contribution < 1.29 is 9.59 Å². The molecule has 0 unspecified atom stereocenters. The van der Waals surface area contributed by atoms with E-state index in [1.54, 1.807) is 48.7 Å². The number of nitrogens with zero attached hydrogens (tertiary/aromatic N) is 3. The Kier molecular flexibility index (Phi) is 7.68. The number of nitrogens with one attached hydrogen (secondary N) is 2. The molecule has 166 valence electrons. The number of anilines is 3. The molecule has 0 radical (unpaired) electrons. The number of Topliss-reactive ketones (excluding diaryl/α,β-unsaturated/α-hetero) is 1. The van der Waals surface area contributed by atoms with Gasteiger partial charge in [0.1, 0.15) is 6.07 Å². The van der Waals surface area contributed by atoms with Crippen molar-refractivity contribution in [1.82, 2.24) is 9.88 Å². The molecule has 2 N–H and O–H groups in total. The van der Waals surface area contributed by atoms with Crippen molar-refractivity contribution >= 4 is 28.8 Å². The second-order valence-electron chi connectivity index (χ2n) is 7.71. The molecule has 1 amide bonds. The average Bonchev–Trinajstić information content (AvgIpc) is 2.80. The number of pyridine rings is 1. The number of hydrogen-bond acceptors (Lipinski definition) is 6. The van der Waals surface area contributed by atoms with Crippen molar-refractivity contribution in [3.05, 3.63) is 84.2 Å². The lowest BCUT2D eigenvalue weighted by molar-refractivity contribution is -0.111. The van der Waals surface area contributed by atoms with Crippen LogP contribution in [0.3, 0.4) is 0 Å². The minimum Gasteiger partial charge on any atom is -0.354 e. The van der Waals surface area contributed by atoms with E-state index in [0.717, 1.165) is 16.8 Å². The van der Waals surface area contributed by atoms with E-state index in [9.17, 15) is 14.9 Å². The van der Waals surface area contributed by atoms with Crippen LogP contribution in [0.5, 0.6) is 0 Å². The van der Waals surface area contributed by atoms with Crippen molar-refractivity contribution in [3.63, 3.8) is 0 Å². The molecule has 3 aromatic rings. The largest absolute Gasteiger partial charge is 0.354 e. The summed E-state index contributed by atoms with van der Waals surface area (Å²) in [7, 11) is 3.86. The lowest BCUT2D eigenvalue weighted by Crippen LogP contribution is -2.12. The van der Waals surface area contributed by atoms with Crippen LogP contribution in [0.25, 0.3) is 11.1 Å². The normalized spacial score (nSPS) is 10.8. The molecule has 0 spiro atoms. The van der Waals surface area contributed by atoms with Gasteiger partial charge in [0.2, 0.25) is 5.91 Å². The van der Waals surface area contributed by atoms with Gasteiger partial charge in [0.15, 0.2) is 5.78 Å². The van der Waals surface area contributed by atoms with Gasteiger partial charge in [-0.1, -0.05) is 18.2 Å². The fourth-order valence-electron chi connectivity index (χ4n) is 3.12. The van der Waals surface area contributed by atoms with E-state index in [1.807, 2.05) is 31.1 Å². The summed E-state index contributed by atoms with van der Waals surface area (Å²) in [4.78, 5) is 29.7. The molecular weight excluding hydrogens is 414 g/mol. The smallest absolute Gasteiger partial charge is 0.248 e.